The van der Waals surface area contributed by atoms with E-state index in [9.17, 15) is 22.8 Å². The molecule has 1 saturated heterocycles. The number of hydrogen-bond acceptors (Lipinski definition) is 6. The zero-order chi connectivity index (χ0) is 25.0. The number of halogens is 2. The van der Waals surface area contributed by atoms with Crippen LogP contribution in [0.4, 0.5) is 0 Å². The zero-order valence-corrected chi connectivity index (χ0v) is 20.4. The van der Waals surface area contributed by atoms with Crippen molar-refractivity contribution >= 4 is 51.0 Å². The summed E-state index contributed by atoms with van der Waals surface area (Å²) in [6.07, 6.45) is -0.862. The average Bonchev–Trinajstić information content (AvgIpc) is 2.89. The standard InChI is InChI=1S/C22H22Cl2N2O7S/c1-33-19-8-4-16(24)11-13(19)10-14-12-25-21(29)18(7-9-20(27)28)26(22(14)30)34(31,32)17-5-2-15(23)3-6-17/h2-6,8,11,14,18H,7,9-10,12H2,1H3,(H,25,29)(H,27,28). The minimum atomic E-state index is -4.52. The second-order valence-corrected chi connectivity index (χ2v) is 10.3. The summed E-state index contributed by atoms with van der Waals surface area (Å²) in [5, 5.41) is 12.4. The maximum absolute atomic E-state index is 13.6. The fourth-order valence-electron chi connectivity index (χ4n) is 3.72. The average molecular weight is 529 g/mol. The number of carbonyl (C=O) groups is 3. The van der Waals surface area contributed by atoms with E-state index in [-0.39, 0.29) is 29.3 Å². The molecule has 1 aliphatic rings. The Bertz CT molecular complexity index is 1200. The second-order valence-electron chi connectivity index (χ2n) is 7.64. The van der Waals surface area contributed by atoms with E-state index >= 15 is 0 Å². The van der Waals surface area contributed by atoms with Crippen LogP contribution in [0.25, 0.3) is 0 Å². The van der Waals surface area contributed by atoms with Crippen molar-refractivity contribution in [2.75, 3.05) is 13.7 Å². The quantitative estimate of drug-likeness (QED) is 0.538. The van der Waals surface area contributed by atoms with Crippen LogP contribution in [0.2, 0.25) is 10.0 Å². The number of amides is 2. The molecule has 0 saturated carbocycles. The van der Waals surface area contributed by atoms with Gasteiger partial charge in [0.2, 0.25) is 11.8 Å². The lowest BCUT2D eigenvalue weighted by Crippen LogP contribution is -2.50. The molecule has 2 atom stereocenters. The van der Waals surface area contributed by atoms with E-state index in [1.54, 1.807) is 18.2 Å². The number of benzene rings is 2. The first-order valence-corrected chi connectivity index (χ1v) is 12.4. The summed E-state index contributed by atoms with van der Waals surface area (Å²) >= 11 is 12.0. The van der Waals surface area contributed by atoms with E-state index in [4.69, 9.17) is 33.0 Å². The number of carbonyl (C=O) groups excluding carboxylic acids is 2. The van der Waals surface area contributed by atoms with Crippen molar-refractivity contribution in [2.45, 2.75) is 30.2 Å². The summed E-state index contributed by atoms with van der Waals surface area (Å²) in [5.74, 6) is -3.36. The van der Waals surface area contributed by atoms with Crippen LogP contribution < -0.4 is 10.1 Å². The molecular weight excluding hydrogens is 507 g/mol. The molecule has 0 aliphatic carbocycles. The van der Waals surface area contributed by atoms with E-state index in [2.05, 4.69) is 5.32 Å². The molecule has 9 nitrogen and oxygen atoms in total. The summed E-state index contributed by atoms with van der Waals surface area (Å²) in [7, 11) is -3.07. The number of carboxylic acids is 1. The maximum Gasteiger partial charge on any atom is 0.303 e. The minimum Gasteiger partial charge on any atom is -0.496 e. The second kappa shape index (κ2) is 10.6. The van der Waals surface area contributed by atoms with Crippen LogP contribution in [-0.4, -0.2) is 55.3 Å². The van der Waals surface area contributed by atoms with Crippen LogP contribution in [0.1, 0.15) is 18.4 Å². The molecule has 0 radical (unpaired) electrons. The molecule has 0 spiro atoms. The summed E-state index contributed by atoms with van der Waals surface area (Å²) in [4.78, 5) is 37.4. The summed E-state index contributed by atoms with van der Waals surface area (Å²) in [6, 6.07) is 8.42. The predicted molar refractivity (Wildman–Crippen MR) is 124 cm³/mol. The number of nitrogens with zero attached hydrogens (tertiary/aromatic N) is 1. The topological polar surface area (TPSA) is 130 Å². The first-order valence-electron chi connectivity index (χ1n) is 10.2. The van der Waals surface area contributed by atoms with Gasteiger partial charge in [0, 0.05) is 23.0 Å². The van der Waals surface area contributed by atoms with E-state index in [0.29, 0.717) is 20.6 Å². The number of hydrogen-bond donors (Lipinski definition) is 2. The SMILES string of the molecule is COc1ccc(Cl)cc1CC1CNC(=O)C(CCC(=O)O)N(S(=O)(=O)c2ccc(Cl)cc2)C1=O. The molecule has 3 rings (SSSR count). The minimum absolute atomic E-state index is 0.0289. The van der Waals surface area contributed by atoms with Crippen molar-refractivity contribution in [1.82, 2.24) is 9.62 Å². The van der Waals surface area contributed by atoms with E-state index in [0.717, 1.165) is 0 Å². The van der Waals surface area contributed by atoms with Gasteiger partial charge in [0.05, 0.1) is 17.9 Å². The van der Waals surface area contributed by atoms with E-state index < -0.39 is 46.2 Å². The van der Waals surface area contributed by atoms with Gasteiger partial charge in [-0.05, 0) is 60.9 Å². The van der Waals surface area contributed by atoms with Gasteiger partial charge in [-0.1, -0.05) is 23.2 Å². The first-order chi connectivity index (χ1) is 16.0. The molecule has 182 valence electrons. The van der Waals surface area contributed by atoms with Crippen molar-refractivity contribution in [3.8, 4) is 5.75 Å². The van der Waals surface area contributed by atoms with Gasteiger partial charge in [-0.15, -0.1) is 0 Å². The highest BCUT2D eigenvalue weighted by atomic mass is 35.5. The molecule has 1 aliphatic heterocycles. The molecule has 2 aromatic carbocycles. The van der Waals surface area contributed by atoms with Crippen LogP contribution in [-0.2, 0) is 30.8 Å². The molecule has 2 aromatic rings. The van der Waals surface area contributed by atoms with Gasteiger partial charge in [-0.2, -0.15) is 0 Å². The Hall–Kier alpha value is -2.82. The Balaban J connectivity index is 2.06. The number of sulfonamides is 1. The lowest BCUT2D eigenvalue weighted by Gasteiger charge is -2.29. The zero-order valence-electron chi connectivity index (χ0n) is 18.0. The molecule has 2 N–H and O–H groups in total. The van der Waals surface area contributed by atoms with Gasteiger partial charge >= 0.3 is 5.97 Å². The normalized spacial score (nSPS) is 18.9. The van der Waals surface area contributed by atoms with Crippen molar-refractivity contribution in [1.29, 1.82) is 0 Å². The number of aliphatic carboxylic acids is 1. The first kappa shape index (κ1) is 25.8. The Morgan fingerprint density at radius 3 is 2.41 bits per heavy atom. The van der Waals surface area contributed by atoms with Crippen molar-refractivity contribution in [3.63, 3.8) is 0 Å². The lowest BCUT2D eigenvalue weighted by molar-refractivity contribution is -0.139. The van der Waals surface area contributed by atoms with Crippen molar-refractivity contribution in [3.05, 3.63) is 58.1 Å². The lowest BCUT2D eigenvalue weighted by atomic mass is 9.97. The summed E-state index contributed by atoms with van der Waals surface area (Å²) < 4.78 is 32.9. The molecule has 34 heavy (non-hydrogen) atoms. The van der Waals surface area contributed by atoms with Gasteiger partial charge in [0.15, 0.2) is 0 Å². The summed E-state index contributed by atoms with van der Waals surface area (Å²) in [6.45, 7) is -0.149. The Morgan fingerprint density at radius 1 is 1.15 bits per heavy atom. The van der Waals surface area contributed by atoms with Crippen LogP contribution in [0, 0.1) is 5.92 Å². The predicted octanol–water partition coefficient (Wildman–Crippen LogP) is 2.74. The number of carboxylic acid groups (broad SMARTS) is 1. The van der Waals surface area contributed by atoms with E-state index in [1.807, 2.05) is 0 Å². The van der Waals surface area contributed by atoms with Gasteiger partial charge < -0.3 is 15.2 Å². The van der Waals surface area contributed by atoms with Crippen LogP contribution in [0.3, 0.4) is 0 Å². The van der Waals surface area contributed by atoms with Gasteiger partial charge in [0.25, 0.3) is 10.0 Å². The maximum atomic E-state index is 13.6. The van der Waals surface area contributed by atoms with Crippen LogP contribution >= 0.6 is 23.2 Å². The molecule has 1 fully saturated rings. The van der Waals surface area contributed by atoms with E-state index in [1.165, 1.54) is 31.4 Å². The third-order valence-corrected chi connectivity index (χ3v) is 7.69. The molecule has 0 aromatic heterocycles. The van der Waals surface area contributed by atoms with Gasteiger partial charge in [-0.3, -0.25) is 14.4 Å². The third-order valence-electron chi connectivity index (χ3n) is 5.39. The molecule has 2 amide bonds. The highest BCUT2D eigenvalue weighted by Gasteiger charge is 2.45. The Morgan fingerprint density at radius 2 is 1.79 bits per heavy atom. The number of rotatable bonds is 8. The monoisotopic (exact) mass is 528 g/mol. The molecule has 1 heterocycles. The Labute approximate surface area is 206 Å². The largest absolute Gasteiger partial charge is 0.496 e. The van der Waals surface area contributed by atoms with Crippen molar-refractivity contribution < 1.29 is 32.6 Å². The molecular formula is C22H22Cl2N2O7S. The van der Waals surface area contributed by atoms with Gasteiger partial charge in [-0.25, -0.2) is 12.7 Å². The Kier molecular flexibility index (Phi) is 8.06. The highest BCUT2D eigenvalue weighted by molar-refractivity contribution is 7.89. The molecule has 12 heteroatoms. The summed E-state index contributed by atoms with van der Waals surface area (Å²) in [5.41, 5.74) is 0.551. The highest BCUT2D eigenvalue weighted by Crippen LogP contribution is 2.30. The fourth-order valence-corrected chi connectivity index (χ4v) is 5.67. The fraction of sp³-hybridized carbons (Fsp3) is 0.318. The third kappa shape index (κ3) is 5.63. The smallest absolute Gasteiger partial charge is 0.303 e. The number of nitrogens with one attached hydrogen (secondary N) is 1. The van der Waals surface area contributed by atoms with Crippen LogP contribution in [0.5, 0.6) is 5.75 Å². The number of ether oxygens (including phenoxy) is 1. The van der Waals surface area contributed by atoms with Crippen molar-refractivity contribution in [2.24, 2.45) is 5.92 Å². The molecule has 2 unspecified atom stereocenters. The molecule has 0 bridgehead atoms. The van der Waals surface area contributed by atoms with Gasteiger partial charge in [0.1, 0.15) is 11.8 Å². The number of methoxy groups -OCH3 is 1. The van der Waals surface area contributed by atoms with Crippen LogP contribution in [0.15, 0.2) is 47.4 Å².